The van der Waals surface area contributed by atoms with Gasteiger partial charge in [0, 0.05) is 29.4 Å². The molecule has 1 fully saturated rings. The van der Waals surface area contributed by atoms with Crippen molar-refractivity contribution in [1.82, 2.24) is 4.57 Å². The van der Waals surface area contributed by atoms with Gasteiger partial charge in [-0.2, -0.15) is 13.2 Å². The van der Waals surface area contributed by atoms with E-state index in [1.807, 2.05) is 19.9 Å². The Hall–Kier alpha value is -3.36. The van der Waals surface area contributed by atoms with Gasteiger partial charge in [0.1, 0.15) is 12.3 Å². The molecule has 4 rings (SSSR count). The molecule has 0 radical (unpaired) electrons. The normalized spacial score (nSPS) is 19.8. The van der Waals surface area contributed by atoms with Crippen molar-refractivity contribution in [1.29, 1.82) is 0 Å². The zero-order chi connectivity index (χ0) is 28.4. The summed E-state index contributed by atoms with van der Waals surface area (Å²) in [6.45, 7) is 2.97. The van der Waals surface area contributed by atoms with Gasteiger partial charge in [0.2, 0.25) is 0 Å². The number of benzene rings is 2. The number of nitrogens with zero attached hydrogens (tertiary/aromatic N) is 1. The van der Waals surface area contributed by atoms with E-state index in [0.717, 1.165) is 24.8 Å². The SMILES string of the molecule is COc1cc(S(C)(=O)=O)ccc1NCC#Cc1cc2c(NC3C[C@@H](C)O[C@@H](C)C3)cccc2n1CC(F)(F)F. The van der Waals surface area contributed by atoms with Gasteiger partial charge in [0.25, 0.3) is 0 Å². The first-order chi connectivity index (χ1) is 18.3. The van der Waals surface area contributed by atoms with Gasteiger partial charge in [0.05, 0.1) is 47.7 Å². The number of fused-ring (bicyclic) bond motifs is 1. The molecule has 0 amide bonds. The second-order valence-corrected chi connectivity index (χ2v) is 11.8. The molecule has 7 nitrogen and oxygen atoms in total. The smallest absolute Gasteiger partial charge is 0.406 e. The van der Waals surface area contributed by atoms with Gasteiger partial charge in [-0.15, -0.1) is 0 Å². The summed E-state index contributed by atoms with van der Waals surface area (Å²) in [7, 11) is -1.99. The van der Waals surface area contributed by atoms with Crippen molar-refractivity contribution >= 4 is 32.1 Å². The summed E-state index contributed by atoms with van der Waals surface area (Å²) in [6, 6.07) is 11.5. The Balaban J connectivity index is 1.61. The Bertz CT molecular complexity index is 1500. The number of alkyl halides is 3. The van der Waals surface area contributed by atoms with Gasteiger partial charge in [-0.1, -0.05) is 12.0 Å². The molecule has 0 bridgehead atoms. The fraction of sp³-hybridized carbons (Fsp3) is 0.429. The number of sulfone groups is 1. The summed E-state index contributed by atoms with van der Waals surface area (Å²) in [5.74, 6) is 6.08. The van der Waals surface area contributed by atoms with Crippen LogP contribution in [0.25, 0.3) is 10.9 Å². The molecule has 210 valence electrons. The zero-order valence-corrected chi connectivity index (χ0v) is 23.0. The van der Waals surface area contributed by atoms with Crippen molar-refractivity contribution < 1.29 is 31.1 Å². The Labute approximate surface area is 226 Å². The van der Waals surface area contributed by atoms with E-state index in [2.05, 4.69) is 22.5 Å². The molecule has 3 aromatic rings. The zero-order valence-electron chi connectivity index (χ0n) is 22.2. The molecule has 1 aliphatic rings. The molecule has 0 aliphatic carbocycles. The van der Waals surface area contributed by atoms with Crippen molar-refractivity contribution in [2.24, 2.45) is 0 Å². The maximum Gasteiger partial charge on any atom is 0.406 e. The maximum absolute atomic E-state index is 13.5. The second kappa shape index (κ2) is 11.4. The van der Waals surface area contributed by atoms with E-state index < -0.39 is 22.6 Å². The molecule has 1 unspecified atom stereocenters. The minimum atomic E-state index is -4.43. The molecular formula is C28H32F3N3O4S. The highest BCUT2D eigenvalue weighted by Crippen LogP contribution is 2.32. The van der Waals surface area contributed by atoms with Crippen LogP contribution in [-0.2, 0) is 21.1 Å². The summed E-state index contributed by atoms with van der Waals surface area (Å²) < 4.78 is 76.5. The van der Waals surface area contributed by atoms with Gasteiger partial charge < -0.3 is 24.7 Å². The van der Waals surface area contributed by atoms with E-state index in [1.165, 1.54) is 23.8 Å². The average Bonchev–Trinajstić information content (AvgIpc) is 3.17. The minimum Gasteiger partial charge on any atom is -0.495 e. The van der Waals surface area contributed by atoms with Crippen LogP contribution in [-0.4, -0.2) is 57.3 Å². The molecule has 1 saturated heterocycles. The number of aromatic nitrogens is 1. The largest absolute Gasteiger partial charge is 0.495 e. The lowest BCUT2D eigenvalue weighted by molar-refractivity contribution is -0.140. The number of rotatable bonds is 7. The fourth-order valence-corrected chi connectivity index (χ4v) is 5.57. The number of halogens is 3. The standard InChI is InChI=1S/C28H32F3N3O4S/c1-18-13-20(14-19(2)38-18)33-24-8-5-9-26-23(24)15-21(34(26)17-28(29,30)31)7-6-12-32-25-11-10-22(39(4,35)36)16-27(25)37-3/h5,8-11,15-16,18-20,32-33H,12-14,17H2,1-4H3/t18-,19+,20?. The number of hydrogen-bond acceptors (Lipinski definition) is 6. The molecule has 3 atom stereocenters. The van der Waals surface area contributed by atoms with Crippen molar-refractivity contribution in [3.05, 3.63) is 48.2 Å². The first kappa shape index (κ1) is 28.6. The van der Waals surface area contributed by atoms with Gasteiger partial charge in [0.15, 0.2) is 9.84 Å². The van der Waals surface area contributed by atoms with Crippen LogP contribution in [0.3, 0.4) is 0 Å². The number of anilines is 2. The van der Waals surface area contributed by atoms with Crippen molar-refractivity contribution in [2.45, 2.75) is 62.6 Å². The van der Waals surface area contributed by atoms with Crippen molar-refractivity contribution in [3.63, 3.8) is 0 Å². The third kappa shape index (κ3) is 7.19. The van der Waals surface area contributed by atoms with Crippen LogP contribution in [0.1, 0.15) is 32.4 Å². The maximum atomic E-state index is 13.5. The molecule has 11 heteroatoms. The lowest BCUT2D eigenvalue weighted by Gasteiger charge is -2.33. The first-order valence-corrected chi connectivity index (χ1v) is 14.4. The average molecular weight is 564 g/mol. The fourth-order valence-electron chi connectivity index (χ4n) is 4.93. The molecule has 1 aliphatic heterocycles. The number of nitrogens with one attached hydrogen (secondary N) is 2. The van der Waals surface area contributed by atoms with Crippen molar-refractivity contribution in [2.75, 3.05) is 30.5 Å². The molecule has 0 saturated carbocycles. The van der Waals surface area contributed by atoms with Crippen LogP contribution in [0.4, 0.5) is 24.5 Å². The predicted molar refractivity (Wildman–Crippen MR) is 146 cm³/mol. The van der Waals surface area contributed by atoms with Gasteiger partial charge in [-0.3, -0.25) is 0 Å². The lowest BCUT2D eigenvalue weighted by atomic mass is 9.99. The predicted octanol–water partition coefficient (Wildman–Crippen LogP) is 5.45. The number of ether oxygens (including phenoxy) is 2. The topological polar surface area (TPSA) is 81.6 Å². The molecule has 39 heavy (non-hydrogen) atoms. The van der Waals surface area contributed by atoms with E-state index >= 15 is 0 Å². The molecule has 2 aromatic carbocycles. The summed E-state index contributed by atoms with van der Waals surface area (Å²) in [5, 5.41) is 7.22. The third-order valence-electron chi connectivity index (χ3n) is 6.53. The Morgan fingerprint density at radius 1 is 1.10 bits per heavy atom. The van der Waals surface area contributed by atoms with Gasteiger partial charge in [-0.25, -0.2) is 8.42 Å². The van der Waals surface area contributed by atoms with Crippen LogP contribution >= 0.6 is 0 Å². The summed E-state index contributed by atoms with van der Waals surface area (Å²) in [5.41, 5.74) is 1.96. The quantitative estimate of drug-likeness (QED) is 0.373. The van der Waals surface area contributed by atoms with Crippen LogP contribution in [0.5, 0.6) is 5.75 Å². The van der Waals surface area contributed by atoms with E-state index in [0.29, 0.717) is 22.3 Å². The van der Waals surface area contributed by atoms with E-state index in [-0.39, 0.29) is 35.4 Å². The van der Waals surface area contributed by atoms with Gasteiger partial charge in [-0.05, 0) is 62.9 Å². The van der Waals surface area contributed by atoms with Crippen LogP contribution in [0.2, 0.25) is 0 Å². The van der Waals surface area contributed by atoms with Gasteiger partial charge >= 0.3 is 6.18 Å². The highest BCUT2D eigenvalue weighted by Gasteiger charge is 2.30. The lowest BCUT2D eigenvalue weighted by Crippen LogP contribution is -2.36. The Kier molecular flexibility index (Phi) is 8.37. The summed E-state index contributed by atoms with van der Waals surface area (Å²) in [4.78, 5) is 0.113. The molecule has 1 aromatic heterocycles. The summed E-state index contributed by atoms with van der Waals surface area (Å²) in [6.07, 6.45) is -1.53. The van der Waals surface area contributed by atoms with Crippen LogP contribution in [0.15, 0.2) is 47.4 Å². The number of hydrogen-bond donors (Lipinski definition) is 2. The molecule has 0 spiro atoms. The van der Waals surface area contributed by atoms with Crippen molar-refractivity contribution in [3.8, 4) is 17.6 Å². The van der Waals surface area contributed by atoms with Crippen LogP contribution in [0, 0.1) is 11.8 Å². The van der Waals surface area contributed by atoms with Crippen LogP contribution < -0.4 is 15.4 Å². The Morgan fingerprint density at radius 3 is 2.46 bits per heavy atom. The molecule has 2 N–H and O–H groups in total. The number of methoxy groups -OCH3 is 1. The Morgan fingerprint density at radius 2 is 1.82 bits per heavy atom. The van der Waals surface area contributed by atoms with E-state index in [9.17, 15) is 21.6 Å². The molecule has 2 heterocycles. The summed E-state index contributed by atoms with van der Waals surface area (Å²) >= 11 is 0. The third-order valence-corrected chi connectivity index (χ3v) is 7.64. The molecular weight excluding hydrogens is 531 g/mol. The minimum absolute atomic E-state index is 0.0930. The second-order valence-electron chi connectivity index (χ2n) is 9.83. The van der Waals surface area contributed by atoms with E-state index in [4.69, 9.17) is 9.47 Å². The highest BCUT2D eigenvalue weighted by atomic mass is 32.2. The monoisotopic (exact) mass is 563 g/mol. The first-order valence-electron chi connectivity index (χ1n) is 12.6. The highest BCUT2D eigenvalue weighted by molar-refractivity contribution is 7.90. The van der Waals surface area contributed by atoms with E-state index in [1.54, 1.807) is 24.3 Å².